The zero-order valence-electron chi connectivity index (χ0n) is 19.0. The molecule has 0 spiro atoms. The van der Waals surface area contributed by atoms with Gasteiger partial charge in [-0.25, -0.2) is 9.97 Å². The molecular weight excluding hydrogens is 736 g/mol. The third-order valence-electron chi connectivity index (χ3n) is 4.58. The molecule has 0 saturated carbocycles. The van der Waals surface area contributed by atoms with Crippen LogP contribution >= 0.6 is 0 Å². The molecule has 38 heavy (non-hydrogen) atoms. The molecule has 1 aromatic carbocycles. The summed E-state index contributed by atoms with van der Waals surface area (Å²) in [5, 5.41) is 4.85. The van der Waals surface area contributed by atoms with Crippen molar-refractivity contribution in [2.24, 2.45) is 0 Å². The van der Waals surface area contributed by atoms with Gasteiger partial charge in [-0.1, -0.05) is 36.4 Å². The molecule has 0 atom stereocenters. The Balaban J connectivity index is 0.000000287. The SMILES string of the molecule is [Hg].[O-][Cl+3]([O-])([O-])OOO[Cl+3]([O-])([O-])[O-].c1ccc(-c2ccc3ccc4ccc(-c5ccccn5)nc4c3n2)nc1. The van der Waals surface area contributed by atoms with Crippen LogP contribution in [-0.2, 0) is 41.6 Å². The number of halogens is 2. The van der Waals surface area contributed by atoms with Gasteiger partial charge in [-0.05, 0) is 36.4 Å². The number of aromatic nitrogens is 4. The second kappa shape index (κ2) is 13.0. The summed E-state index contributed by atoms with van der Waals surface area (Å²) < 4.78 is 61.8. The molecule has 0 unspecified atom stereocenters. The van der Waals surface area contributed by atoms with Gasteiger partial charge in [0.25, 0.3) is 0 Å². The Bertz CT molecular complexity index is 1380. The van der Waals surface area contributed by atoms with E-state index in [0.29, 0.717) is 0 Å². The predicted octanol–water partition coefficient (Wildman–Crippen LogP) is -2.43. The van der Waals surface area contributed by atoms with Gasteiger partial charge in [-0.15, -0.1) is 0 Å². The monoisotopic (exact) mass is 750 g/mol. The van der Waals surface area contributed by atoms with Crippen LogP contribution in [0.15, 0.2) is 85.2 Å². The maximum Gasteiger partial charge on any atom is 0.307 e. The predicted molar refractivity (Wildman–Crippen MR) is 107 cm³/mol. The summed E-state index contributed by atoms with van der Waals surface area (Å²) in [6.07, 6.45) is 3.56. The van der Waals surface area contributed by atoms with Crippen molar-refractivity contribution >= 4 is 21.8 Å². The molecule has 0 N–H and O–H groups in total. The van der Waals surface area contributed by atoms with Crippen LogP contribution in [0.4, 0.5) is 0 Å². The fourth-order valence-electron chi connectivity index (χ4n) is 3.15. The summed E-state index contributed by atoms with van der Waals surface area (Å²) in [6.45, 7) is 0. The summed E-state index contributed by atoms with van der Waals surface area (Å²) in [5.74, 6) is 0. The van der Waals surface area contributed by atoms with E-state index >= 15 is 0 Å². The molecule has 0 aliphatic carbocycles. The van der Waals surface area contributed by atoms with Gasteiger partial charge in [0.05, 0.1) is 33.8 Å². The Kier molecular flexibility index (Phi) is 10.3. The molecular formula is C22H14Cl2HgN4O9. The fourth-order valence-corrected chi connectivity index (χ4v) is 3.36. The Hall–Kier alpha value is -2.50. The van der Waals surface area contributed by atoms with Crippen LogP contribution in [0.25, 0.3) is 44.6 Å². The summed E-state index contributed by atoms with van der Waals surface area (Å²) in [7, 11) is -9.99. The van der Waals surface area contributed by atoms with Gasteiger partial charge in [-0.2, -0.15) is 28.0 Å². The van der Waals surface area contributed by atoms with Crippen LogP contribution in [0.5, 0.6) is 0 Å². The average Bonchev–Trinajstić information content (AvgIpc) is 2.88. The van der Waals surface area contributed by atoms with Gasteiger partial charge in [-0.3, -0.25) is 9.97 Å². The summed E-state index contributed by atoms with van der Waals surface area (Å²) in [5.41, 5.74) is 5.15. The first-order valence-electron chi connectivity index (χ1n) is 9.99. The van der Waals surface area contributed by atoms with Gasteiger partial charge in [0.2, 0.25) is 5.04 Å². The molecule has 5 aromatic rings. The maximum absolute atomic E-state index is 9.41. The van der Waals surface area contributed by atoms with Gasteiger partial charge >= 0.3 is 8.88 Å². The Morgan fingerprint density at radius 3 is 1.24 bits per heavy atom. The molecule has 4 aromatic heterocycles. The van der Waals surface area contributed by atoms with Crippen molar-refractivity contribution in [3.8, 4) is 22.8 Å². The molecule has 192 valence electrons. The summed E-state index contributed by atoms with van der Waals surface area (Å²) >= 11 is 0. The van der Waals surface area contributed by atoms with Crippen molar-refractivity contribution < 1.29 is 90.0 Å². The van der Waals surface area contributed by atoms with Crippen molar-refractivity contribution in [2.75, 3.05) is 0 Å². The first-order chi connectivity index (χ1) is 17.6. The van der Waals surface area contributed by atoms with E-state index in [4.69, 9.17) is 9.97 Å². The molecule has 0 radical (unpaired) electrons. The summed E-state index contributed by atoms with van der Waals surface area (Å²) in [4.78, 5) is 18.5. The quantitative estimate of drug-likeness (QED) is 0.0764. The molecule has 5 rings (SSSR count). The van der Waals surface area contributed by atoms with Crippen LogP contribution in [0.2, 0.25) is 0 Å². The largest absolute Gasteiger partial charge is 0.307 e. The van der Waals surface area contributed by atoms with Gasteiger partial charge in [0, 0.05) is 50.8 Å². The van der Waals surface area contributed by atoms with Gasteiger partial charge in [0.1, 0.15) is 20.5 Å². The molecule has 4 heterocycles. The third kappa shape index (κ3) is 8.50. The van der Waals surface area contributed by atoms with E-state index in [1.54, 1.807) is 12.4 Å². The van der Waals surface area contributed by atoms with E-state index in [1.165, 1.54) is 0 Å². The van der Waals surface area contributed by atoms with Crippen molar-refractivity contribution in [3.05, 3.63) is 85.2 Å². The number of nitrogens with zero attached hydrogens (tertiary/aromatic N) is 4. The minimum absolute atomic E-state index is 0. The number of fused-ring (bicyclic) bond motifs is 3. The zero-order chi connectivity index (χ0) is 26.5. The number of benzene rings is 1. The molecule has 0 bridgehead atoms. The standard InChI is InChI=1S/C22H14N4.Cl2O9.Hg/c1-3-13-23-17(5-1)19-11-9-15-7-8-16-10-12-20(18-6-2-4-14-24-18)26-22(16)21(15)25-19;3-1(4,5)9-11-10-2(6,7)8;/h1-14H;;. The number of pyridine rings is 4. The number of hydrogen-bond donors (Lipinski definition) is 0. The Morgan fingerprint density at radius 2 is 0.895 bits per heavy atom. The van der Waals surface area contributed by atoms with Crippen LogP contribution in [-0.4, -0.2) is 19.9 Å². The van der Waals surface area contributed by atoms with Crippen LogP contribution in [0.3, 0.4) is 0 Å². The third-order valence-corrected chi connectivity index (χ3v) is 4.99. The van der Waals surface area contributed by atoms with Crippen molar-refractivity contribution in [1.82, 2.24) is 19.9 Å². The van der Waals surface area contributed by atoms with E-state index in [2.05, 4.69) is 48.2 Å². The Morgan fingerprint density at radius 1 is 0.500 bits per heavy atom. The normalized spacial score (nSPS) is 11.5. The minimum Gasteiger partial charge on any atom is -0.255 e. The maximum atomic E-state index is 9.41. The minimum atomic E-state index is -5.00. The van der Waals surface area contributed by atoms with E-state index in [9.17, 15) is 28.0 Å². The number of rotatable bonds is 6. The molecule has 0 aliphatic heterocycles. The van der Waals surface area contributed by atoms with Gasteiger partial charge < -0.3 is 0 Å². The van der Waals surface area contributed by atoms with Crippen LogP contribution in [0.1, 0.15) is 0 Å². The summed E-state index contributed by atoms with van der Waals surface area (Å²) in [6, 6.07) is 24.0. The first kappa shape index (κ1) is 30.0. The zero-order valence-corrected chi connectivity index (χ0v) is 26.0. The van der Waals surface area contributed by atoms with E-state index in [1.807, 2.05) is 48.5 Å². The Labute approximate surface area is 238 Å². The molecule has 16 heteroatoms. The molecule has 0 aliphatic rings. The van der Waals surface area contributed by atoms with Crippen molar-refractivity contribution in [1.29, 1.82) is 0 Å². The second-order valence-electron chi connectivity index (χ2n) is 6.98. The van der Waals surface area contributed by atoms with Crippen LogP contribution in [0, 0.1) is 20.5 Å². The van der Waals surface area contributed by atoms with E-state index in [0.717, 1.165) is 44.6 Å². The second-order valence-corrected chi connectivity index (χ2v) is 8.75. The average molecular weight is 750 g/mol. The van der Waals surface area contributed by atoms with Gasteiger partial charge in [0.15, 0.2) is 0 Å². The van der Waals surface area contributed by atoms with E-state index < -0.39 is 20.5 Å². The molecule has 0 amide bonds. The fraction of sp³-hybridized carbons (Fsp3) is 0. The molecule has 0 saturated heterocycles. The first-order valence-corrected chi connectivity index (χ1v) is 12.5. The van der Waals surface area contributed by atoms with Crippen LogP contribution < -0.4 is 28.0 Å². The topological polar surface area (TPSA) is 218 Å². The number of hydrogen-bond acceptors (Lipinski definition) is 13. The molecule has 13 nitrogen and oxygen atoms in total. The van der Waals surface area contributed by atoms with Crippen molar-refractivity contribution in [3.63, 3.8) is 0 Å². The molecule has 0 fully saturated rings. The smallest absolute Gasteiger partial charge is 0.255 e. The van der Waals surface area contributed by atoms with Crippen molar-refractivity contribution in [2.45, 2.75) is 0 Å². The van der Waals surface area contributed by atoms with E-state index in [-0.39, 0.29) is 27.7 Å².